The molecular weight excluding hydrogens is 230 g/mol. The Morgan fingerprint density at radius 3 is 2.82 bits per heavy atom. The molecule has 0 bridgehead atoms. The second kappa shape index (κ2) is 4.99. The lowest BCUT2D eigenvalue weighted by atomic mass is 9.77. The fourth-order valence-electron chi connectivity index (χ4n) is 3.15. The first kappa shape index (κ1) is 11.6. The van der Waals surface area contributed by atoms with E-state index in [2.05, 4.69) is 29.6 Å². The summed E-state index contributed by atoms with van der Waals surface area (Å²) < 4.78 is 0. The first-order valence-corrected chi connectivity index (χ1v) is 7.23. The van der Waals surface area contributed by atoms with Crippen molar-refractivity contribution in [2.45, 2.75) is 49.4 Å². The maximum atomic E-state index is 6.37. The summed E-state index contributed by atoms with van der Waals surface area (Å²) in [6.45, 7) is 1.10. The maximum Gasteiger partial charge on any atom is 0.0489 e. The number of halogens is 1. The average molecular weight is 250 g/mol. The Hall–Kier alpha value is -0.530. The predicted molar refractivity (Wildman–Crippen MR) is 72.8 cm³/mol. The molecule has 0 spiro atoms. The smallest absolute Gasteiger partial charge is 0.0489 e. The number of benzene rings is 1. The first-order chi connectivity index (χ1) is 8.34. The van der Waals surface area contributed by atoms with Gasteiger partial charge in [-0.2, -0.15) is 0 Å². The minimum Gasteiger partial charge on any atom is -0.312 e. The second-order valence-electron chi connectivity index (χ2n) is 5.42. The van der Waals surface area contributed by atoms with Crippen molar-refractivity contribution >= 4 is 11.6 Å². The van der Waals surface area contributed by atoms with Crippen molar-refractivity contribution in [1.29, 1.82) is 0 Å². The molecule has 1 N–H and O–H groups in total. The molecule has 0 saturated heterocycles. The lowest BCUT2D eigenvalue weighted by molar-refractivity contribution is 0.364. The van der Waals surface area contributed by atoms with Crippen LogP contribution in [0.1, 0.15) is 42.7 Å². The van der Waals surface area contributed by atoms with Crippen molar-refractivity contribution in [2.75, 3.05) is 6.54 Å². The number of alkyl halides is 1. The fraction of sp³-hybridized carbons (Fsp3) is 0.600. The molecular formula is C15H20ClN. The van der Waals surface area contributed by atoms with Gasteiger partial charge in [-0.15, -0.1) is 11.6 Å². The largest absolute Gasteiger partial charge is 0.312 e. The summed E-state index contributed by atoms with van der Waals surface area (Å²) in [6.07, 6.45) is 6.31. The van der Waals surface area contributed by atoms with Crippen LogP contribution < -0.4 is 5.32 Å². The summed E-state index contributed by atoms with van der Waals surface area (Å²) in [5, 5.41) is 4.03. The summed E-state index contributed by atoms with van der Waals surface area (Å²) >= 11 is 6.37. The van der Waals surface area contributed by atoms with E-state index >= 15 is 0 Å². The third-order valence-corrected chi connectivity index (χ3v) is 4.79. The summed E-state index contributed by atoms with van der Waals surface area (Å²) in [6, 6.07) is 9.34. The van der Waals surface area contributed by atoms with Gasteiger partial charge < -0.3 is 5.32 Å². The molecule has 1 nitrogen and oxygen atoms in total. The average Bonchev–Trinajstić information content (AvgIpc) is 2.32. The van der Waals surface area contributed by atoms with Crippen molar-refractivity contribution in [3.8, 4) is 0 Å². The third-order valence-electron chi connectivity index (χ3n) is 4.27. The Balaban J connectivity index is 1.53. The summed E-state index contributed by atoms with van der Waals surface area (Å²) in [5.74, 6) is 0.719. The van der Waals surface area contributed by atoms with Crippen LogP contribution >= 0.6 is 11.6 Å². The van der Waals surface area contributed by atoms with E-state index < -0.39 is 0 Å². The molecule has 17 heavy (non-hydrogen) atoms. The van der Waals surface area contributed by atoms with Gasteiger partial charge in [0.05, 0.1) is 0 Å². The Morgan fingerprint density at radius 1 is 1.18 bits per heavy atom. The van der Waals surface area contributed by atoms with Crippen LogP contribution in [0, 0.1) is 0 Å². The molecule has 0 aromatic heterocycles. The molecule has 92 valence electrons. The zero-order valence-electron chi connectivity index (χ0n) is 10.2. The molecule has 2 heteroatoms. The van der Waals surface area contributed by atoms with Crippen molar-refractivity contribution in [3.63, 3.8) is 0 Å². The van der Waals surface area contributed by atoms with Gasteiger partial charge in [0, 0.05) is 23.9 Å². The topological polar surface area (TPSA) is 12.0 Å². The van der Waals surface area contributed by atoms with Gasteiger partial charge in [0.25, 0.3) is 0 Å². The van der Waals surface area contributed by atoms with E-state index in [0.29, 0.717) is 11.4 Å². The van der Waals surface area contributed by atoms with E-state index in [9.17, 15) is 0 Å². The van der Waals surface area contributed by atoms with Gasteiger partial charge >= 0.3 is 0 Å². The molecule has 1 aromatic rings. The van der Waals surface area contributed by atoms with Crippen LogP contribution in [0.25, 0.3) is 0 Å². The van der Waals surface area contributed by atoms with Gasteiger partial charge in [-0.25, -0.2) is 0 Å². The van der Waals surface area contributed by atoms with Gasteiger partial charge in [-0.3, -0.25) is 0 Å². The van der Waals surface area contributed by atoms with Crippen molar-refractivity contribution in [1.82, 2.24) is 5.32 Å². The van der Waals surface area contributed by atoms with E-state index in [1.807, 2.05) is 0 Å². The van der Waals surface area contributed by atoms with Crippen LogP contribution in [0.4, 0.5) is 0 Å². The van der Waals surface area contributed by atoms with E-state index in [0.717, 1.165) is 12.5 Å². The highest BCUT2D eigenvalue weighted by Gasteiger charge is 2.28. The van der Waals surface area contributed by atoms with Gasteiger partial charge in [-0.1, -0.05) is 37.1 Å². The van der Waals surface area contributed by atoms with Gasteiger partial charge in [0.15, 0.2) is 0 Å². The van der Waals surface area contributed by atoms with Gasteiger partial charge in [0.1, 0.15) is 0 Å². The molecule has 0 aliphatic heterocycles. The van der Waals surface area contributed by atoms with E-state index in [1.54, 1.807) is 5.56 Å². The monoisotopic (exact) mass is 249 g/mol. The number of nitrogens with one attached hydrogen (secondary N) is 1. The maximum absolute atomic E-state index is 6.37. The van der Waals surface area contributed by atoms with E-state index in [4.69, 9.17) is 11.6 Å². The van der Waals surface area contributed by atoms with Crippen molar-refractivity contribution < 1.29 is 0 Å². The highest BCUT2D eigenvalue weighted by atomic mass is 35.5. The van der Waals surface area contributed by atoms with Crippen molar-refractivity contribution in [2.24, 2.45) is 0 Å². The highest BCUT2D eigenvalue weighted by Crippen LogP contribution is 2.34. The fourth-order valence-corrected chi connectivity index (χ4v) is 3.52. The molecule has 0 radical (unpaired) electrons. The summed E-state index contributed by atoms with van der Waals surface area (Å²) in [5.41, 5.74) is 3.08. The minimum absolute atomic E-state index is 0.346. The normalized spacial score (nSPS) is 31.7. The molecule has 3 atom stereocenters. The van der Waals surface area contributed by atoms with E-state index in [1.165, 1.54) is 37.7 Å². The summed E-state index contributed by atoms with van der Waals surface area (Å²) in [7, 11) is 0. The zero-order valence-corrected chi connectivity index (χ0v) is 10.9. The Bertz CT molecular complexity index is 390. The number of hydrogen-bond donors (Lipinski definition) is 1. The quantitative estimate of drug-likeness (QED) is 0.809. The second-order valence-corrected chi connectivity index (χ2v) is 5.98. The zero-order chi connectivity index (χ0) is 11.7. The van der Waals surface area contributed by atoms with E-state index in [-0.39, 0.29) is 0 Å². The van der Waals surface area contributed by atoms with Crippen LogP contribution in [0.5, 0.6) is 0 Å². The molecule has 1 saturated carbocycles. The van der Waals surface area contributed by atoms with Crippen LogP contribution in [0.2, 0.25) is 0 Å². The number of hydrogen-bond acceptors (Lipinski definition) is 1. The Morgan fingerprint density at radius 2 is 2.00 bits per heavy atom. The summed E-state index contributed by atoms with van der Waals surface area (Å²) in [4.78, 5) is 0. The lowest BCUT2D eigenvalue weighted by Crippen LogP contribution is -2.42. The van der Waals surface area contributed by atoms with Gasteiger partial charge in [-0.05, 0) is 30.4 Å². The highest BCUT2D eigenvalue weighted by molar-refractivity contribution is 6.21. The Kier molecular flexibility index (Phi) is 3.39. The van der Waals surface area contributed by atoms with Gasteiger partial charge in [0.2, 0.25) is 0 Å². The molecule has 2 aliphatic rings. The standard InChI is InChI=1S/C15H20ClN/c16-14-7-3-4-8-15(14)17-10-12-9-11-5-1-2-6-13(11)12/h1-2,5-6,12,14-15,17H,3-4,7-10H2. The Labute approximate surface area is 109 Å². The number of fused-ring (bicyclic) bond motifs is 1. The van der Waals surface area contributed by atoms with Crippen LogP contribution in [-0.4, -0.2) is 18.0 Å². The SMILES string of the molecule is ClC1CCCCC1NCC1Cc2ccccc21. The van der Waals surface area contributed by atoms with Crippen LogP contribution in [0.3, 0.4) is 0 Å². The minimum atomic E-state index is 0.346. The van der Waals surface area contributed by atoms with Crippen molar-refractivity contribution in [3.05, 3.63) is 35.4 Å². The molecule has 2 aliphatic carbocycles. The molecule has 1 fully saturated rings. The van der Waals surface area contributed by atoms with Crippen LogP contribution in [-0.2, 0) is 6.42 Å². The molecule has 0 amide bonds. The first-order valence-electron chi connectivity index (χ1n) is 6.80. The molecule has 1 aromatic carbocycles. The molecule has 3 rings (SSSR count). The molecule has 0 heterocycles. The predicted octanol–water partition coefficient (Wildman–Crippen LogP) is 3.47. The van der Waals surface area contributed by atoms with Crippen LogP contribution in [0.15, 0.2) is 24.3 Å². The number of rotatable bonds is 3. The third kappa shape index (κ3) is 2.36. The lowest BCUT2D eigenvalue weighted by Gasteiger charge is -2.34. The molecule has 3 unspecified atom stereocenters.